The molecular formula is C11H21NO3. The second-order valence-corrected chi connectivity index (χ2v) is 4.14. The van der Waals surface area contributed by atoms with Crippen LogP contribution in [0.2, 0.25) is 0 Å². The topological polar surface area (TPSA) is 38.8 Å². The quantitative estimate of drug-likeness (QED) is 0.660. The molecule has 1 heterocycles. The van der Waals surface area contributed by atoms with Crippen LogP contribution in [0, 0.1) is 0 Å². The zero-order valence-electron chi connectivity index (χ0n) is 10.0. The molecule has 15 heavy (non-hydrogen) atoms. The molecule has 1 aliphatic rings. The lowest BCUT2D eigenvalue weighted by molar-refractivity contribution is -0.153. The Labute approximate surface area is 91.5 Å². The summed E-state index contributed by atoms with van der Waals surface area (Å²) < 4.78 is 10.6. The van der Waals surface area contributed by atoms with Crippen LogP contribution in [0.5, 0.6) is 0 Å². The Morgan fingerprint density at radius 3 is 2.47 bits per heavy atom. The molecule has 1 rings (SSSR count). The number of hydrogen-bond acceptors (Lipinski definition) is 4. The summed E-state index contributed by atoms with van der Waals surface area (Å²) in [6.07, 6.45) is 0.372. The van der Waals surface area contributed by atoms with Gasteiger partial charge in [-0.25, -0.2) is 0 Å². The van der Waals surface area contributed by atoms with Crippen LogP contribution in [-0.2, 0) is 14.3 Å². The van der Waals surface area contributed by atoms with Crippen molar-refractivity contribution >= 4 is 5.97 Å². The fourth-order valence-electron chi connectivity index (χ4n) is 1.95. The van der Waals surface area contributed by atoms with Crippen LogP contribution in [0.25, 0.3) is 0 Å². The van der Waals surface area contributed by atoms with E-state index in [0.717, 1.165) is 13.1 Å². The Balaban J connectivity index is 2.51. The number of hydrogen-bond donors (Lipinski definition) is 0. The number of carbonyl (C=O) groups excluding carboxylic acids is 1. The highest BCUT2D eigenvalue weighted by molar-refractivity contribution is 5.75. The number of nitrogens with zero attached hydrogens (tertiary/aromatic N) is 1. The number of carbonyl (C=O) groups is 1. The minimum Gasteiger partial charge on any atom is -0.465 e. The van der Waals surface area contributed by atoms with E-state index >= 15 is 0 Å². The third-order valence-corrected chi connectivity index (χ3v) is 2.62. The molecule has 4 heteroatoms. The van der Waals surface area contributed by atoms with Gasteiger partial charge in [0.15, 0.2) is 0 Å². The molecule has 4 nitrogen and oxygen atoms in total. The SMILES string of the molecule is CCOC(=O)[C@@H](C)N1C[C@@H](C)O[C@H](C)C1. The van der Waals surface area contributed by atoms with Gasteiger partial charge in [0.1, 0.15) is 6.04 Å². The van der Waals surface area contributed by atoms with E-state index in [0.29, 0.717) is 6.61 Å². The first-order chi connectivity index (χ1) is 7.04. The Kier molecular flexibility index (Phi) is 4.54. The monoisotopic (exact) mass is 215 g/mol. The largest absolute Gasteiger partial charge is 0.465 e. The van der Waals surface area contributed by atoms with Crippen molar-refractivity contribution in [3.63, 3.8) is 0 Å². The molecule has 88 valence electrons. The number of morpholine rings is 1. The van der Waals surface area contributed by atoms with Crippen LogP contribution in [0.1, 0.15) is 27.7 Å². The molecule has 0 aromatic heterocycles. The minimum absolute atomic E-state index is 0.140. The smallest absolute Gasteiger partial charge is 0.323 e. The van der Waals surface area contributed by atoms with Gasteiger partial charge in [-0.2, -0.15) is 0 Å². The Morgan fingerprint density at radius 1 is 1.47 bits per heavy atom. The number of ether oxygens (including phenoxy) is 2. The van der Waals surface area contributed by atoms with Gasteiger partial charge in [0.2, 0.25) is 0 Å². The molecule has 1 fully saturated rings. The highest BCUT2D eigenvalue weighted by Crippen LogP contribution is 2.14. The van der Waals surface area contributed by atoms with Gasteiger partial charge in [-0.15, -0.1) is 0 Å². The molecular weight excluding hydrogens is 194 g/mol. The summed E-state index contributed by atoms with van der Waals surface area (Å²) >= 11 is 0. The Hall–Kier alpha value is -0.610. The van der Waals surface area contributed by atoms with Crippen molar-refractivity contribution in [1.29, 1.82) is 0 Å². The molecule has 0 radical (unpaired) electrons. The van der Waals surface area contributed by atoms with Crippen molar-refractivity contribution < 1.29 is 14.3 Å². The van der Waals surface area contributed by atoms with Crippen molar-refractivity contribution in [2.75, 3.05) is 19.7 Å². The maximum atomic E-state index is 11.6. The molecule has 0 bridgehead atoms. The van der Waals surface area contributed by atoms with E-state index in [1.54, 1.807) is 0 Å². The summed E-state index contributed by atoms with van der Waals surface area (Å²) in [4.78, 5) is 13.7. The average Bonchev–Trinajstić information content (AvgIpc) is 2.15. The maximum Gasteiger partial charge on any atom is 0.323 e. The molecule has 1 aliphatic heterocycles. The van der Waals surface area contributed by atoms with Crippen molar-refractivity contribution in [2.45, 2.75) is 45.9 Å². The van der Waals surface area contributed by atoms with Gasteiger partial charge in [-0.05, 0) is 27.7 Å². The summed E-state index contributed by atoms with van der Waals surface area (Å²) in [5.41, 5.74) is 0. The van der Waals surface area contributed by atoms with E-state index in [1.807, 2.05) is 27.7 Å². The number of esters is 1. The Bertz CT molecular complexity index is 210. The summed E-state index contributed by atoms with van der Waals surface area (Å²) in [5.74, 6) is -0.140. The van der Waals surface area contributed by atoms with Gasteiger partial charge in [-0.1, -0.05) is 0 Å². The molecule has 0 spiro atoms. The standard InChI is InChI=1S/C11H21NO3/c1-5-14-11(13)10(4)12-6-8(2)15-9(3)7-12/h8-10H,5-7H2,1-4H3/t8-,9-,10-/m1/s1. The van der Waals surface area contributed by atoms with Gasteiger partial charge >= 0.3 is 5.97 Å². The van der Waals surface area contributed by atoms with Crippen LogP contribution >= 0.6 is 0 Å². The minimum atomic E-state index is -0.168. The van der Waals surface area contributed by atoms with Crippen LogP contribution < -0.4 is 0 Å². The normalized spacial score (nSPS) is 29.9. The van der Waals surface area contributed by atoms with Crippen LogP contribution in [0.3, 0.4) is 0 Å². The molecule has 0 saturated carbocycles. The predicted octanol–water partition coefficient (Wildman–Crippen LogP) is 1.05. The lowest BCUT2D eigenvalue weighted by Crippen LogP contribution is -2.51. The van der Waals surface area contributed by atoms with E-state index in [9.17, 15) is 4.79 Å². The van der Waals surface area contributed by atoms with E-state index in [4.69, 9.17) is 9.47 Å². The number of rotatable bonds is 3. The fourth-order valence-corrected chi connectivity index (χ4v) is 1.95. The highest BCUT2D eigenvalue weighted by atomic mass is 16.5. The second-order valence-electron chi connectivity index (χ2n) is 4.14. The lowest BCUT2D eigenvalue weighted by Gasteiger charge is -2.37. The zero-order chi connectivity index (χ0) is 11.4. The fraction of sp³-hybridized carbons (Fsp3) is 0.909. The first kappa shape index (κ1) is 12.5. The third kappa shape index (κ3) is 3.47. The molecule has 0 aromatic carbocycles. The third-order valence-electron chi connectivity index (χ3n) is 2.62. The van der Waals surface area contributed by atoms with Gasteiger partial charge in [0, 0.05) is 13.1 Å². The average molecular weight is 215 g/mol. The summed E-state index contributed by atoms with van der Waals surface area (Å²) in [7, 11) is 0. The highest BCUT2D eigenvalue weighted by Gasteiger charge is 2.29. The predicted molar refractivity (Wildman–Crippen MR) is 57.7 cm³/mol. The first-order valence-electron chi connectivity index (χ1n) is 5.60. The van der Waals surface area contributed by atoms with E-state index < -0.39 is 0 Å². The van der Waals surface area contributed by atoms with Gasteiger partial charge in [-0.3, -0.25) is 9.69 Å². The van der Waals surface area contributed by atoms with Crippen LogP contribution in [0.15, 0.2) is 0 Å². The summed E-state index contributed by atoms with van der Waals surface area (Å²) in [6.45, 7) is 9.81. The first-order valence-corrected chi connectivity index (χ1v) is 5.60. The summed E-state index contributed by atoms with van der Waals surface area (Å²) in [5, 5.41) is 0. The molecule has 0 unspecified atom stereocenters. The van der Waals surface area contributed by atoms with Crippen molar-refractivity contribution in [3.8, 4) is 0 Å². The lowest BCUT2D eigenvalue weighted by atomic mass is 10.2. The van der Waals surface area contributed by atoms with E-state index in [1.165, 1.54) is 0 Å². The van der Waals surface area contributed by atoms with Crippen molar-refractivity contribution in [3.05, 3.63) is 0 Å². The zero-order valence-corrected chi connectivity index (χ0v) is 10.0. The molecule has 0 aliphatic carbocycles. The van der Waals surface area contributed by atoms with Gasteiger partial charge in [0.25, 0.3) is 0 Å². The Morgan fingerprint density at radius 2 is 2.00 bits per heavy atom. The van der Waals surface area contributed by atoms with E-state index in [-0.39, 0.29) is 24.2 Å². The maximum absolute atomic E-state index is 11.6. The summed E-state index contributed by atoms with van der Waals surface area (Å²) in [6, 6.07) is -0.168. The second kappa shape index (κ2) is 5.47. The van der Waals surface area contributed by atoms with Gasteiger partial charge < -0.3 is 9.47 Å². The molecule has 0 N–H and O–H groups in total. The molecule has 0 amide bonds. The van der Waals surface area contributed by atoms with E-state index in [2.05, 4.69) is 4.90 Å². The van der Waals surface area contributed by atoms with Gasteiger partial charge in [0.05, 0.1) is 18.8 Å². The molecule has 1 saturated heterocycles. The van der Waals surface area contributed by atoms with Crippen LogP contribution in [-0.4, -0.2) is 48.8 Å². The molecule has 3 atom stereocenters. The molecule has 0 aromatic rings. The van der Waals surface area contributed by atoms with Crippen LogP contribution in [0.4, 0.5) is 0 Å². The van der Waals surface area contributed by atoms with Crippen molar-refractivity contribution in [2.24, 2.45) is 0 Å². The van der Waals surface area contributed by atoms with Crippen molar-refractivity contribution in [1.82, 2.24) is 4.90 Å².